The summed E-state index contributed by atoms with van der Waals surface area (Å²) in [5.74, 6) is -0.0962. The smallest absolute Gasteiger partial charge is 0.260 e. The quantitative estimate of drug-likeness (QED) is 0.740. The fourth-order valence-electron chi connectivity index (χ4n) is 2.34. The Morgan fingerprint density at radius 1 is 1.18 bits per heavy atom. The monoisotopic (exact) mass is 239 g/mol. The van der Waals surface area contributed by atoms with Gasteiger partial charge in [-0.1, -0.05) is 6.58 Å². The van der Waals surface area contributed by atoms with E-state index in [-0.39, 0.29) is 17.0 Å². The predicted molar refractivity (Wildman–Crippen MR) is 70.5 cm³/mol. The number of nitrogens with one attached hydrogen (secondary N) is 1. The molecular formula is C13H25N3O. The number of hydrogen-bond acceptors (Lipinski definition) is 3. The molecule has 0 aromatic heterocycles. The van der Waals surface area contributed by atoms with Gasteiger partial charge >= 0.3 is 0 Å². The highest BCUT2D eigenvalue weighted by atomic mass is 16.2. The van der Waals surface area contributed by atoms with E-state index in [0.717, 1.165) is 13.1 Å². The van der Waals surface area contributed by atoms with Gasteiger partial charge in [-0.05, 0) is 41.7 Å². The Bertz CT molecular complexity index is 316. The highest BCUT2D eigenvalue weighted by Crippen LogP contribution is 2.29. The summed E-state index contributed by atoms with van der Waals surface area (Å²) >= 11 is 0. The van der Waals surface area contributed by atoms with Crippen molar-refractivity contribution in [2.45, 2.75) is 45.7 Å². The number of piperazine rings is 1. The standard InChI is InChI=1S/C13H25N3O/c1-10(2)11(17)14-16-8-12(3,4)15(7)13(5,6)9-16/h1,8-9H2,2-7H3,(H,14,17). The molecule has 98 valence electrons. The second-order valence-corrected chi connectivity index (χ2v) is 6.26. The van der Waals surface area contributed by atoms with Crippen molar-refractivity contribution in [3.63, 3.8) is 0 Å². The zero-order chi connectivity index (χ0) is 13.4. The molecule has 0 unspecified atom stereocenters. The van der Waals surface area contributed by atoms with Crippen LogP contribution in [0.1, 0.15) is 34.6 Å². The van der Waals surface area contributed by atoms with E-state index in [1.807, 2.05) is 5.01 Å². The summed E-state index contributed by atoms with van der Waals surface area (Å²) in [5.41, 5.74) is 3.52. The van der Waals surface area contributed by atoms with Crippen molar-refractivity contribution in [3.05, 3.63) is 12.2 Å². The van der Waals surface area contributed by atoms with E-state index in [2.05, 4.69) is 51.6 Å². The summed E-state index contributed by atoms with van der Waals surface area (Å²) in [4.78, 5) is 14.0. The summed E-state index contributed by atoms with van der Waals surface area (Å²) in [6.45, 7) is 15.8. The Kier molecular flexibility index (Phi) is 3.69. The van der Waals surface area contributed by atoms with Gasteiger partial charge in [-0.15, -0.1) is 0 Å². The van der Waals surface area contributed by atoms with E-state index in [9.17, 15) is 4.79 Å². The molecule has 4 heteroatoms. The third-order valence-corrected chi connectivity index (χ3v) is 3.62. The molecule has 1 aliphatic heterocycles. The second kappa shape index (κ2) is 4.42. The van der Waals surface area contributed by atoms with Gasteiger partial charge in [0.15, 0.2) is 0 Å². The molecule has 0 aromatic rings. The van der Waals surface area contributed by atoms with E-state index in [1.54, 1.807) is 6.92 Å². The third kappa shape index (κ3) is 3.07. The van der Waals surface area contributed by atoms with Gasteiger partial charge in [-0.3, -0.25) is 15.1 Å². The summed E-state index contributed by atoms with van der Waals surface area (Å²) in [6, 6.07) is 0. The minimum absolute atomic E-state index is 0.0318. The van der Waals surface area contributed by atoms with Crippen LogP contribution < -0.4 is 5.43 Å². The number of amides is 1. The van der Waals surface area contributed by atoms with Crippen LogP contribution >= 0.6 is 0 Å². The molecule has 1 rings (SSSR count). The average molecular weight is 239 g/mol. The fraction of sp³-hybridized carbons (Fsp3) is 0.769. The first-order chi connectivity index (χ1) is 7.56. The lowest BCUT2D eigenvalue weighted by atomic mass is 9.89. The lowest BCUT2D eigenvalue weighted by Crippen LogP contribution is -2.69. The van der Waals surface area contributed by atoms with Crippen LogP contribution in [0.5, 0.6) is 0 Å². The third-order valence-electron chi connectivity index (χ3n) is 3.62. The second-order valence-electron chi connectivity index (χ2n) is 6.26. The molecule has 0 saturated carbocycles. The minimum atomic E-state index is -0.0962. The van der Waals surface area contributed by atoms with E-state index < -0.39 is 0 Å². The van der Waals surface area contributed by atoms with Crippen molar-refractivity contribution < 1.29 is 4.79 Å². The maximum absolute atomic E-state index is 11.6. The van der Waals surface area contributed by atoms with Gasteiger partial charge in [0.1, 0.15) is 0 Å². The number of carbonyl (C=O) groups excluding carboxylic acids is 1. The van der Waals surface area contributed by atoms with E-state index in [0.29, 0.717) is 5.57 Å². The normalized spacial score (nSPS) is 24.4. The van der Waals surface area contributed by atoms with Crippen molar-refractivity contribution in [1.29, 1.82) is 0 Å². The van der Waals surface area contributed by atoms with Crippen molar-refractivity contribution >= 4 is 5.91 Å². The molecule has 1 N–H and O–H groups in total. The Labute approximate surface area is 105 Å². The Morgan fingerprint density at radius 3 is 1.94 bits per heavy atom. The van der Waals surface area contributed by atoms with Crippen LogP contribution in [0.4, 0.5) is 0 Å². The first kappa shape index (κ1) is 14.2. The van der Waals surface area contributed by atoms with Crippen molar-refractivity contribution in [3.8, 4) is 0 Å². The minimum Gasteiger partial charge on any atom is -0.293 e. The highest BCUT2D eigenvalue weighted by Gasteiger charge is 2.42. The molecule has 1 saturated heterocycles. The van der Waals surface area contributed by atoms with Gasteiger partial charge in [0, 0.05) is 29.7 Å². The van der Waals surface area contributed by atoms with E-state index in [4.69, 9.17) is 0 Å². The highest BCUT2D eigenvalue weighted by molar-refractivity contribution is 5.91. The Morgan fingerprint density at radius 2 is 1.59 bits per heavy atom. The van der Waals surface area contributed by atoms with Crippen LogP contribution in [0.25, 0.3) is 0 Å². The number of nitrogens with zero attached hydrogens (tertiary/aromatic N) is 2. The van der Waals surface area contributed by atoms with Crippen molar-refractivity contribution in [1.82, 2.24) is 15.3 Å². The number of hydrogen-bond donors (Lipinski definition) is 1. The molecule has 0 atom stereocenters. The van der Waals surface area contributed by atoms with Gasteiger partial charge in [0.25, 0.3) is 5.91 Å². The zero-order valence-electron chi connectivity index (χ0n) is 11.9. The predicted octanol–water partition coefficient (Wildman–Crippen LogP) is 1.40. The lowest BCUT2D eigenvalue weighted by molar-refractivity contribution is -0.128. The van der Waals surface area contributed by atoms with Crippen LogP contribution in [-0.4, -0.2) is 47.0 Å². The number of rotatable bonds is 2. The summed E-state index contributed by atoms with van der Waals surface area (Å²) in [5, 5.41) is 2.00. The molecule has 1 heterocycles. The molecule has 1 fully saturated rings. The average Bonchev–Trinajstić information content (AvgIpc) is 2.12. The zero-order valence-corrected chi connectivity index (χ0v) is 11.9. The lowest BCUT2D eigenvalue weighted by Gasteiger charge is -2.54. The van der Waals surface area contributed by atoms with Crippen LogP contribution in [0.2, 0.25) is 0 Å². The van der Waals surface area contributed by atoms with E-state index in [1.165, 1.54) is 0 Å². The first-order valence-corrected chi connectivity index (χ1v) is 6.02. The number of carbonyl (C=O) groups is 1. The first-order valence-electron chi connectivity index (χ1n) is 6.02. The van der Waals surface area contributed by atoms with Gasteiger partial charge < -0.3 is 0 Å². The molecule has 0 spiro atoms. The molecule has 17 heavy (non-hydrogen) atoms. The summed E-state index contributed by atoms with van der Waals surface area (Å²) in [7, 11) is 2.14. The maximum atomic E-state index is 11.6. The largest absolute Gasteiger partial charge is 0.293 e. The van der Waals surface area contributed by atoms with Crippen LogP contribution in [0.3, 0.4) is 0 Å². The summed E-state index contributed by atoms with van der Waals surface area (Å²) in [6.07, 6.45) is 0. The fourth-order valence-corrected chi connectivity index (χ4v) is 2.34. The van der Waals surface area contributed by atoms with Gasteiger partial charge in [0.05, 0.1) is 0 Å². The molecule has 0 aromatic carbocycles. The van der Waals surface area contributed by atoms with Crippen molar-refractivity contribution in [2.75, 3.05) is 20.1 Å². The Balaban J connectivity index is 2.78. The summed E-state index contributed by atoms with van der Waals surface area (Å²) < 4.78 is 0. The van der Waals surface area contributed by atoms with Crippen LogP contribution in [-0.2, 0) is 4.79 Å². The van der Waals surface area contributed by atoms with Crippen LogP contribution in [0.15, 0.2) is 12.2 Å². The topological polar surface area (TPSA) is 35.6 Å². The molecule has 4 nitrogen and oxygen atoms in total. The molecular weight excluding hydrogens is 214 g/mol. The molecule has 1 aliphatic rings. The Hall–Kier alpha value is -0.870. The van der Waals surface area contributed by atoms with Gasteiger partial charge in [-0.2, -0.15) is 0 Å². The maximum Gasteiger partial charge on any atom is 0.260 e. The molecule has 1 amide bonds. The van der Waals surface area contributed by atoms with Crippen LogP contribution in [0, 0.1) is 0 Å². The van der Waals surface area contributed by atoms with Gasteiger partial charge in [0.2, 0.25) is 0 Å². The molecule has 0 aliphatic carbocycles. The number of hydrazine groups is 1. The SMILES string of the molecule is C=C(C)C(=O)NN1CC(C)(C)N(C)C(C)(C)C1. The molecule has 0 radical (unpaired) electrons. The van der Waals surface area contributed by atoms with Gasteiger partial charge in [-0.25, -0.2) is 5.01 Å². The van der Waals surface area contributed by atoms with E-state index >= 15 is 0 Å². The molecule has 0 bridgehead atoms. The number of likely N-dealkylation sites (N-methyl/N-ethyl adjacent to an activating group) is 1. The van der Waals surface area contributed by atoms with Crippen molar-refractivity contribution in [2.24, 2.45) is 0 Å².